The van der Waals surface area contributed by atoms with Crippen molar-refractivity contribution in [3.63, 3.8) is 0 Å². The number of rotatable bonds is 2. The third kappa shape index (κ3) is 1.98. The molecule has 3 rings (SSSR count). The van der Waals surface area contributed by atoms with Gasteiger partial charge in [0.15, 0.2) is 0 Å². The van der Waals surface area contributed by atoms with Gasteiger partial charge in [-0.1, -0.05) is 12.8 Å². The highest BCUT2D eigenvalue weighted by atomic mass is 16.3. The second-order valence-electron chi connectivity index (χ2n) is 5.63. The molecule has 3 heteroatoms. The Bertz CT molecular complexity index is 471. The van der Waals surface area contributed by atoms with Gasteiger partial charge in [0.25, 0.3) is 0 Å². The van der Waals surface area contributed by atoms with E-state index in [0.717, 1.165) is 11.3 Å². The minimum Gasteiger partial charge on any atom is -0.508 e. The number of hydrogen-bond donors (Lipinski definition) is 2. The monoisotopic (exact) mass is 245 g/mol. The lowest BCUT2D eigenvalue weighted by molar-refractivity contribution is -0.117. The van der Waals surface area contributed by atoms with E-state index in [1.54, 1.807) is 18.2 Å². The standard InChI is InChI=1S/C15H19NO2/c1-9-8-10(17)6-7-13(9)16-15(18)14-11-4-2-3-5-12(11)14/h6-8,11-12,14,17H,2-5H2,1H3,(H,16,18). The van der Waals surface area contributed by atoms with Gasteiger partial charge in [-0.25, -0.2) is 0 Å². The minimum atomic E-state index is 0.167. The largest absolute Gasteiger partial charge is 0.508 e. The van der Waals surface area contributed by atoms with Crippen molar-refractivity contribution in [2.75, 3.05) is 5.32 Å². The van der Waals surface area contributed by atoms with Crippen molar-refractivity contribution in [1.29, 1.82) is 0 Å². The predicted molar refractivity (Wildman–Crippen MR) is 70.4 cm³/mol. The van der Waals surface area contributed by atoms with E-state index in [1.165, 1.54) is 25.7 Å². The summed E-state index contributed by atoms with van der Waals surface area (Å²) in [6.45, 7) is 1.90. The smallest absolute Gasteiger partial charge is 0.228 e. The maximum atomic E-state index is 12.2. The Morgan fingerprint density at radius 2 is 1.94 bits per heavy atom. The molecule has 0 spiro atoms. The number of benzene rings is 1. The molecule has 1 aromatic carbocycles. The molecular weight excluding hydrogens is 226 g/mol. The van der Waals surface area contributed by atoms with Crippen LogP contribution in [-0.4, -0.2) is 11.0 Å². The Labute approximate surface area is 107 Å². The molecule has 18 heavy (non-hydrogen) atoms. The fourth-order valence-corrected chi connectivity index (χ4v) is 3.39. The quantitative estimate of drug-likeness (QED) is 0.787. The van der Waals surface area contributed by atoms with Gasteiger partial charge in [-0.05, 0) is 55.4 Å². The summed E-state index contributed by atoms with van der Waals surface area (Å²) in [5, 5.41) is 12.4. The number of carbonyl (C=O) groups is 1. The van der Waals surface area contributed by atoms with Crippen LogP contribution >= 0.6 is 0 Å². The first-order valence-electron chi connectivity index (χ1n) is 6.77. The second kappa shape index (κ2) is 4.30. The van der Waals surface area contributed by atoms with Crippen molar-refractivity contribution in [3.8, 4) is 5.75 Å². The molecule has 0 aromatic heterocycles. The molecule has 0 saturated heterocycles. The van der Waals surface area contributed by atoms with Crippen LogP contribution in [0.5, 0.6) is 5.75 Å². The highest BCUT2D eigenvalue weighted by molar-refractivity contribution is 5.95. The summed E-state index contributed by atoms with van der Waals surface area (Å²) in [6.07, 6.45) is 5.00. The fraction of sp³-hybridized carbons (Fsp3) is 0.533. The number of phenolic OH excluding ortho intramolecular Hbond substituents is 1. The van der Waals surface area contributed by atoms with E-state index in [0.29, 0.717) is 11.8 Å². The Kier molecular flexibility index (Phi) is 2.77. The average Bonchev–Trinajstić information content (AvgIpc) is 3.07. The molecule has 3 nitrogen and oxygen atoms in total. The van der Waals surface area contributed by atoms with E-state index in [1.807, 2.05) is 6.92 Å². The van der Waals surface area contributed by atoms with Gasteiger partial charge in [0.1, 0.15) is 5.75 Å². The van der Waals surface area contributed by atoms with Gasteiger partial charge >= 0.3 is 0 Å². The number of hydrogen-bond acceptors (Lipinski definition) is 2. The van der Waals surface area contributed by atoms with Crippen LogP contribution in [0.3, 0.4) is 0 Å². The van der Waals surface area contributed by atoms with E-state index in [-0.39, 0.29) is 17.6 Å². The van der Waals surface area contributed by atoms with Crippen molar-refractivity contribution in [2.24, 2.45) is 17.8 Å². The zero-order valence-electron chi connectivity index (χ0n) is 10.6. The number of anilines is 1. The van der Waals surface area contributed by atoms with E-state index in [2.05, 4.69) is 5.32 Å². The first-order valence-corrected chi connectivity index (χ1v) is 6.77. The van der Waals surface area contributed by atoms with Crippen molar-refractivity contribution in [1.82, 2.24) is 0 Å². The SMILES string of the molecule is Cc1cc(O)ccc1NC(=O)C1C2CCCCC21. The van der Waals surface area contributed by atoms with Crippen molar-refractivity contribution in [3.05, 3.63) is 23.8 Å². The second-order valence-corrected chi connectivity index (χ2v) is 5.63. The highest BCUT2D eigenvalue weighted by Gasteiger charge is 2.54. The molecule has 0 heterocycles. The fourth-order valence-electron chi connectivity index (χ4n) is 3.39. The summed E-state index contributed by atoms with van der Waals surface area (Å²) in [5.41, 5.74) is 1.73. The number of amides is 1. The number of aryl methyl sites for hydroxylation is 1. The summed E-state index contributed by atoms with van der Waals surface area (Å²) in [6, 6.07) is 5.06. The van der Waals surface area contributed by atoms with Gasteiger partial charge in [-0.3, -0.25) is 4.79 Å². The predicted octanol–water partition coefficient (Wildman–Crippen LogP) is 3.08. The molecule has 2 aliphatic rings. The van der Waals surface area contributed by atoms with Gasteiger partial charge < -0.3 is 10.4 Å². The van der Waals surface area contributed by atoms with Gasteiger partial charge in [0.2, 0.25) is 5.91 Å². The molecule has 2 fully saturated rings. The lowest BCUT2D eigenvalue weighted by Gasteiger charge is -2.08. The molecule has 1 aromatic rings. The summed E-state index contributed by atoms with van der Waals surface area (Å²) < 4.78 is 0. The van der Waals surface area contributed by atoms with Crippen LogP contribution in [0.15, 0.2) is 18.2 Å². The lowest BCUT2D eigenvalue weighted by atomic mass is 10.0. The minimum absolute atomic E-state index is 0.167. The molecule has 2 aliphatic carbocycles. The maximum Gasteiger partial charge on any atom is 0.228 e. The average molecular weight is 245 g/mol. The van der Waals surface area contributed by atoms with Crippen molar-refractivity contribution < 1.29 is 9.90 Å². The number of fused-ring (bicyclic) bond motifs is 1. The zero-order chi connectivity index (χ0) is 12.7. The summed E-state index contributed by atoms with van der Waals surface area (Å²) in [7, 11) is 0. The summed E-state index contributed by atoms with van der Waals surface area (Å²) in [4.78, 5) is 12.2. The zero-order valence-corrected chi connectivity index (χ0v) is 10.6. The van der Waals surface area contributed by atoms with Gasteiger partial charge in [0, 0.05) is 11.6 Å². The Morgan fingerprint density at radius 3 is 2.56 bits per heavy atom. The van der Waals surface area contributed by atoms with Crippen LogP contribution in [0.2, 0.25) is 0 Å². The molecule has 2 atom stereocenters. The molecule has 2 saturated carbocycles. The molecule has 96 valence electrons. The van der Waals surface area contributed by atoms with Crippen molar-refractivity contribution >= 4 is 11.6 Å². The van der Waals surface area contributed by atoms with E-state index < -0.39 is 0 Å². The Morgan fingerprint density at radius 1 is 1.28 bits per heavy atom. The van der Waals surface area contributed by atoms with Gasteiger partial charge in [0.05, 0.1) is 0 Å². The van der Waals surface area contributed by atoms with Gasteiger partial charge in [-0.2, -0.15) is 0 Å². The topological polar surface area (TPSA) is 49.3 Å². The Balaban J connectivity index is 1.68. The summed E-state index contributed by atoms with van der Waals surface area (Å²) in [5.74, 6) is 1.92. The molecule has 0 aliphatic heterocycles. The molecule has 2 N–H and O–H groups in total. The van der Waals surface area contributed by atoms with Crippen LogP contribution in [0.25, 0.3) is 0 Å². The molecule has 0 radical (unpaired) electrons. The van der Waals surface area contributed by atoms with Crippen LogP contribution < -0.4 is 5.32 Å². The van der Waals surface area contributed by atoms with E-state index in [4.69, 9.17) is 0 Å². The Hall–Kier alpha value is -1.51. The van der Waals surface area contributed by atoms with Gasteiger partial charge in [-0.15, -0.1) is 0 Å². The summed E-state index contributed by atoms with van der Waals surface area (Å²) >= 11 is 0. The third-order valence-corrected chi connectivity index (χ3v) is 4.43. The van der Waals surface area contributed by atoms with Crippen LogP contribution in [-0.2, 0) is 4.79 Å². The molecule has 1 amide bonds. The number of aromatic hydroxyl groups is 1. The normalized spacial score (nSPS) is 29.5. The van der Waals surface area contributed by atoms with Crippen LogP contribution in [0, 0.1) is 24.7 Å². The molecule has 0 bridgehead atoms. The first kappa shape index (κ1) is 11.6. The van der Waals surface area contributed by atoms with Crippen LogP contribution in [0.4, 0.5) is 5.69 Å². The van der Waals surface area contributed by atoms with Crippen molar-refractivity contribution in [2.45, 2.75) is 32.6 Å². The number of nitrogens with one attached hydrogen (secondary N) is 1. The maximum absolute atomic E-state index is 12.2. The molecular formula is C15H19NO2. The number of carbonyl (C=O) groups excluding carboxylic acids is 1. The highest BCUT2D eigenvalue weighted by Crippen LogP contribution is 2.55. The van der Waals surface area contributed by atoms with E-state index >= 15 is 0 Å². The lowest BCUT2D eigenvalue weighted by Crippen LogP contribution is -2.16. The third-order valence-electron chi connectivity index (χ3n) is 4.43. The number of phenols is 1. The van der Waals surface area contributed by atoms with Crippen LogP contribution in [0.1, 0.15) is 31.2 Å². The van der Waals surface area contributed by atoms with E-state index in [9.17, 15) is 9.90 Å². The molecule has 2 unspecified atom stereocenters. The first-order chi connectivity index (χ1) is 8.66.